The Hall–Kier alpha value is -0.730. The monoisotopic (exact) mass is 267 g/mol. The molecule has 2 aliphatic rings. The molecule has 3 heteroatoms. The van der Waals surface area contributed by atoms with Crippen LogP contribution in [-0.2, 0) is 4.74 Å². The van der Waals surface area contributed by atoms with Crippen LogP contribution in [0, 0.1) is 0 Å². The van der Waals surface area contributed by atoms with Crippen molar-refractivity contribution in [3.05, 3.63) is 0 Å². The van der Waals surface area contributed by atoms with E-state index in [-0.39, 0.29) is 6.09 Å². The van der Waals surface area contributed by atoms with E-state index in [1.807, 2.05) is 4.90 Å². The number of rotatable bonds is 1. The molecule has 2 rings (SSSR count). The molecule has 2 fully saturated rings. The Labute approximate surface area is 117 Å². The van der Waals surface area contributed by atoms with Crippen molar-refractivity contribution in [3.63, 3.8) is 0 Å². The van der Waals surface area contributed by atoms with Crippen LogP contribution < -0.4 is 0 Å². The molecule has 0 bridgehead atoms. The zero-order valence-electron chi connectivity index (χ0n) is 12.2. The molecule has 0 N–H and O–H groups in total. The van der Waals surface area contributed by atoms with E-state index in [4.69, 9.17) is 4.74 Å². The number of hydrogen-bond acceptors (Lipinski definition) is 2. The van der Waals surface area contributed by atoms with Gasteiger partial charge in [0.1, 0.15) is 0 Å². The van der Waals surface area contributed by atoms with Crippen molar-refractivity contribution in [1.82, 2.24) is 4.90 Å². The van der Waals surface area contributed by atoms with E-state index in [9.17, 15) is 4.79 Å². The lowest BCUT2D eigenvalue weighted by molar-refractivity contribution is 0.0502. The summed E-state index contributed by atoms with van der Waals surface area (Å²) in [4.78, 5) is 13.9. The fourth-order valence-electron chi connectivity index (χ4n) is 3.35. The summed E-state index contributed by atoms with van der Waals surface area (Å²) < 4.78 is 5.20. The zero-order chi connectivity index (χ0) is 13.3. The number of carbonyl (C=O) groups excluding carboxylic acids is 1. The lowest BCUT2D eigenvalue weighted by Crippen LogP contribution is -2.44. The third-order valence-corrected chi connectivity index (χ3v) is 4.52. The van der Waals surface area contributed by atoms with Crippen LogP contribution >= 0.6 is 0 Å². The average Bonchev–Trinajstić information content (AvgIpc) is 2.40. The van der Waals surface area contributed by atoms with Gasteiger partial charge in [-0.1, -0.05) is 57.8 Å². The average molecular weight is 267 g/mol. The van der Waals surface area contributed by atoms with E-state index in [0.717, 1.165) is 13.0 Å². The summed E-state index contributed by atoms with van der Waals surface area (Å²) in [6.07, 6.45) is 15.5. The fourth-order valence-corrected chi connectivity index (χ4v) is 3.35. The van der Waals surface area contributed by atoms with Gasteiger partial charge in [0, 0.05) is 12.6 Å². The molecular weight excluding hydrogens is 238 g/mol. The van der Waals surface area contributed by atoms with Crippen LogP contribution in [-0.4, -0.2) is 30.2 Å². The molecule has 0 aromatic rings. The van der Waals surface area contributed by atoms with Gasteiger partial charge in [0.05, 0.1) is 6.61 Å². The van der Waals surface area contributed by atoms with Gasteiger partial charge in [0.2, 0.25) is 0 Å². The molecule has 1 saturated heterocycles. The maximum absolute atomic E-state index is 11.9. The fraction of sp³-hybridized carbons (Fsp3) is 0.938. The second-order valence-electron chi connectivity index (χ2n) is 6.07. The van der Waals surface area contributed by atoms with E-state index in [0.29, 0.717) is 12.6 Å². The first-order chi connectivity index (χ1) is 9.38. The Morgan fingerprint density at radius 1 is 0.789 bits per heavy atom. The molecule has 1 heterocycles. The minimum Gasteiger partial charge on any atom is -0.449 e. The summed E-state index contributed by atoms with van der Waals surface area (Å²) in [6.45, 7) is 1.52. The molecule has 1 aliphatic carbocycles. The van der Waals surface area contributed by atoms with Crippen LogP contribution in [0.3, 0.4) is 0 Å². The molecular formula is C16H29NO2. The van der Waals surface area contributed by atoms with Gasteiger partial charge < -0.3 is 9.64 Å². The topological polar surface area (TPSA) is 29.5 Å². The highest BCUT2D eigenvalue weighted by Gasteiger charge is 2.26. The predicted octanol–water partition coefficient (Wildman–Crippen LogP) is 4.50. The molecule has 19 heavy (non-hydrogen) atoms. The van der Waals surface area contributed by atoms with Crippen LogP contribution in [0.5, 0.6) is 0 Å². The van der Waals surface area contributed by atoms with Gasteiger partial charge in [0.25, 0.3) is 0 Å². The first-order valence-electron chi connectivity index (χ1n) is 8.31. The second-order valence-corrected chi connectivity index (χ2v) is 6.07. The number of hydrogen-bond donors (Lipinski definition) is 0. The summed E-state index contributed by atoms with van der Waals surface area (Å²) in [5.41, 5.74) is 0. The number of ether oxygens (including phenoxy) is 1. The molecule has 0 unspecified atom stereocenters. The molecule has 1 aliphatic heterocycles. The van der Waals surface area contributed by atoms with Gasteiger partial charge in [0.15, 0.2) is 0 Å². The smallest absolute Gasteiger partial charge is 0.410 e. The standard InChI is InChI=1S/C16H29NO2/c18-16-17(13-10-14-19-16)15-11-8-6-4-2-1-3-5-7-9-12-15/h15H,1-14H2. The van der Waals surface area contributed by atoms with Crippen molar-refractivity contribution in [2.75, 3.05) is 13.2 Å². The molecule has 0 aromatic carbocycles. The Morgan fingerprint density at radius 2 is 1.32 bits per heavy atom. The summed E-state index contributed by atoms with van der Waals surface area (Å²) in [5.74, 6) is 0. The highest BCUT2D eigenvalue weighted by atomic mass is 16.6. The van der Waals surface area contributed by atoms with Crippen molar-refractivity contribution in [3.8, 4) is 0 Å². The maximum atomic E-state index is 11.9. The zero-order valence-corrected chi connectivity index (χ0v) is 12.2. The largest absolute Gasteiger partial charge is 0.449 e. The quantitative estimate of drug-likeness (QED) is 0.700. The first-order valence-corrected chi connectivity index (χ1v) is 8.31. The number of cyclic esters (lactones) is 1. The van der Waals surface area contributed by atoms with Gasteiger partial charge in [-0.15, -0.1) is 0 Å². The van der Waals surface area contributed by atoms with Crippen molar-refractivity contribution in [1.29, 1.82) is 0 Å². The van der Waals surface area contributed by atoms with Crippen molar-refractivity contribution in [2.24, 2.45) is 0 Å². The van der Waals surface area contributed by atoms with E-state index >= 15 is 0 Å². The third kappa shape index (κ3) is 5.04. The normalized spacial score (nSPS) is 25.3. The number of nitrogens with zero attached hydrogens (tertiary/aromatic N) is 1. The lowest BCUT2D eigenvalue weighted by atomic mass is 9.97. The van der Waals surface area contributed by atoms with Crippen molar-refractivity contribution < 1.29 is 9.53 Å². The van der Waals surface area contributed by atoms with Gasteiger partial charge in [-0.3, -0.25) is 0 Å². The molecule has 1 amide bonds. The van der Waals surface area contributed by atoms with Gasteiger partial charge in [-0.2, -0.15) is 0 Å². The van der Waals surface area contributed by atoms with Gasteiger partial charge in [-0.05, 0) is 19.3 Å². The summed E-state index contributed by atoms with van der Waals surface area (Å²) in [6, 6.07) is 0.437. The highest BCUT2D eigenvalue weighted by Crippen LogP contribution is 2.22. The number of amides is 1. The first kappa shape index (κ1) is 14.7. The SMILES string of the molecule is O=C1OCCCN1C1CCCCCCCCCCC1. The van der Waals surface area contributed by atoms with Crippen LogP contribution in [0.1, 0.15) is 77.0 Å². The summed E-state index contributed by atoms with van der Waals surface area (Å²) in [5, 5.41) is 0. The lowest BCUT2D eigenvalue weighted by Gasteiger charge is -2.34. The minimum absolute atomic E-state index is 0.0663. The van der Waals surface area contributed by atoms with Crippen molar-refractivity contribution in [2.45, 2.75) is 83.1 Å². The minimum atomic E-state index is -0.0663. The Kier molecular flexibility index (Phi) is 6.52. The van der Waals surface area contributed by atoms with Crippen LogP contribution in [0.4, 0.5) is 4.79 Å². The Balaban J connectivity index is 1.84. The molecule has 110 valence electrons. The highest BCUT2D eigenvalue weighted by molar-refractivity contribution is 5.68. The predicted molar refractivity (Wildman–Crippen MR) is 77.2 cm³/mol. The van der Waals surface area contributed by atoms with E-state index in [2.05, 4.69) is 0 Å². The molecule has 0 atom stereocenters. The summed E-state index contributed by atoms with van der Waals surface area (Å²) in [7, 11) is 0. The second kappa shape index (κ2) is 8.44. The Bertz CT molecular complexity index is 255. The molecule has 0 aromatic heterocycles. The molecule has 1 saturated carbocycles. The van der Waals surface area contributed by atoms with Crippen LogP contribution in [0.25, 0.3) is 0 Å². The van der Waals surface area contributed by atoms with Crippen molar-refractivity contribution >= 4 is 6.09 Å². The van der Waals surface area contributed by atoms with Crippen LogP contribution in [0.15, 0.2) is 0 Å². The van der Waals surface area contributed by atoms with E-state index in [1.54, 1.807) is 0 Å². The van der Waals surface area contributed by atoms with Crippen LogP contribution in [0.2, 0.25) is 0 Å². The molecule has 3 nitrogen and oxygen atoms in total. The Morgan fingerprint density at radius 3 is 1.84 bits per heavy atom. The third-order valence-electron chi connectivity index (χ3n) is 4.52. The van der Waals surface area contributed by atoms with Gasteiger partial charge in [-0.25, -0.2) is 4.79 Å². The van der Waals surface area contributed by atoms with Gasteiger partial charge >= 0.3 is 6.09 Å². The number of carbonyl (C=O) groups is 1. The molecule has 0 spiro atoms. The van der Waals surface area contributed by atoms with E-state index < -0.39 is 0 Å². The van der Waals surface area contributed by atoms with E-state index in [1.165, 1.54) is 70.6 Å². The summed E-state index contributed by atoms with van der Waals surface area (Å²) >= 11 is 0. The maximum Gasteiger partial charge on any atom is 0.410 e. The molecule has 0 radical (unpaired) electrons.